The second-order valence-electron chi connectivity index (χ2n) is 2.33. The standard InChI is InChI=1S/C6H11O2.BrH.Zn/c1-2-3-4-5-6(7)8;;/h5H,2-4H2,1H3,(H,7,8);1H;/q;;+1/p-1. The Bertz CT molecular complexity index is 108. The first-order valence-electron chi connectivity index (χ1n) is 3.51. The van der Waals surface area contributed by atoms with Crippen LogP contribution in [0.15, 0.2) is 0 Å². The fourth-order valence-electron chi connectivity index (χ4n) is 0.717. The van der Waals surface area contributed by atoms with E-state index < -0.39 is 21.1 Å². The number of halogens is 1. The van der Waals surface area contributed by atoms with Crippen molar-refractivity contribution in [3.05, 3.63) is 0 Å². The molecule has 0 heterocycles. The molecule has 0 fully saturated rings. The Labute approximate surface area is 75.3 Å². The third-order valence-electron chi connectivity index (χ3n) is 1.44. The molecule has 0 spiro atoms. The SMILES string of the molecule is CCCC[CH]([Zn][Br])C(=O)O. The molecule has 0 aromatic carbocycles. The van der Waals surface area contributed by atoms with Gasteiger partial charge < -0.3 is 0 Å². The van der Waals surface area contributed by atoms with Crippen molar-refractivity contribution in [1.82, 2.24) is 0 Å². The molecule has 1 atom stereocenters. The average Bonchev–Trinajstić information content (AvgIpc) is 1.89. The van der Waals surface area contributed by atoms with Crippen LogP contribution >= 0.6 is 13.6 Å². The minimum absolute atomic E-state index is 0.00699. The zero-order valence-corrected chi connectivity index (χ0v) is 10.7. The summed E-state index contributed by atoms with van der Waals surface area (Å²) in [5, 5.41) is 8.62. The van der Waals surface area contributed by atoms with E-state index in [1.165, 1.54) is 0 Å². The van der Waals surface area contributed by atoms with Crippen molar-refractivity contribution in [3.63, 3.8) is 0 Å². The van der Waals surface area contributed by atoms with E-state index in [1.54, 1.807) is 0 Å². The van der Waals surface area contributed by atoms with Crippen molar-refractivity contribution in [1.29, 1.82) is 0 Å². The van der Waals surface area contributed by atoms with Crippen molar-refractivity contribution in [2.75, 3.05) is 0 Å². The summed E-state index contributed by atoms with van der Waals surface area (Å²) in [4.78, 5) is 10.5. The monoisotopic (exact) mass is 258 g/mol. The van der Waals surface area contributed by atoms with Crippen LogP contribution in [0.1, 0.15) is 26.2 Å². The van der Waals surface area contributed by atoms with E-state index in [9.17, 15) is 4.79 Å². The van der Waals surface area contributed by atoms with Crippen LogP contribution in [0.4, 0.5) is 0 Å². The molecule has 0 aliphatic rings. The quantitative estimate of drug-likeness (QED) is 0.771. The molecule has 2 nitrogen and oxygen atoms in total. The average molecular weight is 260 g/mol. The van der Waals surface area contributed by atoms with Crippen LogP contribution in [-0.4, -0.2) is 11.1 Å². The molecule has 0 saturated carbocycles. The summed E-state index contributed by atoms with van der Waals surface area (Å²) in [5.41, 5.74) is 0. The molecule has 0 aromatic heterocycles. The fourth-order valence-corrected chi connectivity index (χ4v) is 5.04. The molecule has 0 aliphatic heterocycles. The molecule has 10 heavy (non-hydrogen) atoms. The van der Waals surface area contributed by atoms with Crippen LogP contribution in [0.3, 0.4) is 0 Å². The molecule has 0 radical (unpaired) electrons. The molecule has 4 heteroatoms. The van der Waals surface area contributed by atoms with E-state index >= 15 is 0 Å². The van der Waals surface area contributed by atoms with Crippen LogP contribution < -0.4 is 0 Å². The van der Waals surface area contributed by atoms with Gasteiger partial charge in [0.1, 0.15) is 0 Å². The summed E-state index contributed by atoms with van der Waals surface area (Å²) in [7, 11) is 0. The number of hydrogen-bond acceptors (Lipinski definition) is 1. The first-order valence-corrected chi connectivity index (χ1v) is 12.2. The topological polar surface area (TPSA) is 37.3 Å². The number of rotatable bonds is 5. The van der Waals surface area contributed by atoms with Gasteiger partial charge in [-0.2, -0.15) is 0 Å². The number of unbranched alkanes of at least 4 members (excludes halogenated alkanes) is 1. The summed E-state index contributed by atoms with van der Waals surface area (Å²) in [6.45, 7) is 2.08. The van der Waals surface area contributed by atoms with Crippen molar-refractivity contribution >= 4 is 19.6 Å². The van der Waals surface area contributed by atoms with Crippen LogP contribution in [0.25, 0.3) is 0 Å². The van der Waals surface area contributed by atoms with Gasteiger partial charge in [-0.15, -0.1) is 0 Å². The predicted molar refractivity (Wildman–Crippen MR) is 39.8 cm³/mol. The van der Waals surface area contributed by atoms with Gasteiger partial charge in [-0.05, 0) is 0 Å². The fraction of sp³-hybridized carbons (Fsp3) is 0.833. The van der Waals surface area contributed by atoms with Gasteiger partial charge in [0.15, 0.2) is 0 Å². The van der Waals surface area contributed by atoms with Gasteiger partial charge in [0.2, 0.25) is 0 Å². The van der Waals surface area contributed by atoms with Gasteiger partial charge in [-0.1, -0.05) is 0 Å². The Morgan fingerprint density at radius 1 is 1.80 bits per heavy atom. The Balaban J connectivity index is 3.50. The number of aliphatic carboxylic acids is 1. The van der Waals surface area contributed by atoms with Crippen LogP contribution in [0.5, 0.6) is 0 Å². The molecule has 0 bridgehead atoms. The van der Waals surface area contributed by atoms with Crippen molar-refractivity contribution in [2.45, 2.75) is 30.7 Å². The van der Waals surface area contributed by atoms with Crippen molar-refractivity contribution < 1.29 is 25.1 Å². The molecule has 0 aromatic rings. The van der Waals surface area contributed by atoms with Crippen LogP contribution in [0.2, 0.25) is 4.51 Å². The van der Waals surface area contributed by atoms with Gasteiger partial charge in [0.05, 0.1) is 0 Å². The van der Waals surface area contributed by atoms with Crippen molar-refractivity contribution in [3.8, 4) is 0 Å². The van der Waals surface area contributed by atoms with Gasteiger partial charge in [0.25, 0.3) is 0 Å². The zero-order valence-electron chi connectivity index (χ0n) is 6.14. The molecule has 1 N–H and O–H groups in total. The Kier molecular flexibility index (Phi) is 6.66. The van der Waals surface area contributed by atoms with Gasteiger partial charge >= 0.3 is 75.4 Å². The number of carbonyl (C=O) groups is 1. The molecule has 1 unspecified atom stereocenters. The van der Waals surface area contributed by atoms with E-state index in [-0.39, 0.29) is 4.51 Å². The summed E-state index contributed by atoms with van der Waals surface area (Å²) >= 11 is 2.44. The second-order valence-corrected chi connectivity index (χ2v) is 8.41. The normalized spacial score (nSPS) is 12.2. The molecule has 0 amide bonds. The molecular formula is C6H11BrO2Zn. The van der Waals surface area contributed by atoms with Crippen LogP contribution in [-0.2, 0) is 20.0 Å². The van der Waals surface area contributed by atoms with E-state index in [2.05, 4.69) is 20.5 Å². The third-order valence-corrected chi connectivity index (χ3v) is 7.87. The zero-order chi connectivity index (χ0) is 7.98. The molecular weight excluding hydrogens is 249 g/mol. The molecule has 0 aliphatic carbocycles. The van der Waals surface area contributed by atoms with Gasteiger partial charge in [-0.3, -0.25) is 0 Å². The van der Waals surface area contributed by atoms with Gasteiger partial charge in [-0.25, -0.2) is 0 Å². The number of carboxylic acid groups (broad SMARTS) is 1. The molecule has 0 rings (SSSR count). The first kappa shape index (κ1) is 10.6. The second kappa shape index (κ2) is 6.29. The molecule has 56 valence electrons. The summed E-state index contributed by atoms with van der Waals surface area (Å²) in [6, 6.07) is 0. The van der Waals surface area contributed by atoms with E-state index in [4.69, 9.17) is 5.11 Å². The van der Waals surface area contributed by atoms with Gasteiger partial charge in [0, 0.05) is 0 Å². The van der Waals surface area contributed by atoms with Crippen LogP contribution in [0, 0.1) is 0 Å². The minimum atomic E-state index is -0.911. The number of hydrogen-bond donors (Lipinski definition) is 1. The third kappa shape index (κ3) is 4.40. The summed E-state index contributed by atoms with van der Waals surface area (Å²) in [6.07, 6.45) is 3.02. The predicted octanol–water partition coefficient (Wildman–Crippen LogP) is 2.44. The van der Waals surface area contributed by atoms with E-state index in [0.29, 0.717) is 0 Å². The van der Waals surface area contributed by atoms with E-state index in [0.717, 1.165) is 19.3 Å². The Hall–Kier alpha value is 0.573. The Morgan fingerprint density at radius 3 is 2.70 bits per heavy atom. The summed E-state index contributed by atoms with van der Waals surface area (Å²) in [5.74, 6) is -0.606. The maximum absolute atomic E-state index is 10.5. The maximum atomic E-state index is 10.5. The summed E-state index contributed by atoms with van der Waals surface area (Å²) < 4.78 is -0.00699. The Morgan fingerprint density at radius 2 is 2.40 bits per heavy atom. The van der Waals surface area contributed by atoms with E-state index in [1.807, 2.05) is 0 Å². The van der Waals surface area contributed by atoms with Crippen molar-refractivity contribution in [2.24, 2.45) is 0 Å². The number of carboxylic acids is 1. The first-order chi connectivity index (χ1) is 4.72. The molecule has 0 saturated heterocycles.